The third-order valence-electron chi connectivity index (χ3n) is 2.74. The highest BCUT2D eigenvalue weighted by molar-refractivity contribution is 9.10. The summed E-state index contributed by atoms with van der Waals surface area (Å²) < 4.78 is 0.378. The van der Waals surface area contributed by atoms with E-state index >= 15 is 0 Å². The van der Waals surface area contributed by atoms with E-state index in [0.29, 0.717) is 4.47 Å². The molecule has 1 aliphatic carbocycles. The molecular formula is C10H10BrN3O4. The Hall–Kier alpha value is -1.70. The highest BCUT2D eigenvalue weighted by Crippen LogP contribution is 2.38. The number of pyridine rings is 1. The van der Waals surface area contributed by atoms with Crippen LogP contribution in [0.15, 0.2) is 16.9 Å². The lowest BCUT2D eigenvalue weighted by atomic mass is 10.1. The minimum Gasteiger partial charge on any atom is -0.480 e. The fourth-order valence-corrected chi connectivity index (χ4v) is 2.11. The molecule has 0 spiro atoms. The summed E-state index contributed by atoms with van der Waals surface area (Å²) in [7, 11) is 0. The Kier molecular flexibility index (Phi) is 3.46. The number of hydrogen-bond donors (Lipinski definition) is 2. The fourth-order valence-electron chi connectivity index (χ4n) is 1.67. The zero-order valence-electron chi connectivity index (χ0n) is 9.17. The lowest BCUT2D eigenvalue weighted by molar-refractivity contribution is -0.384. The third kappa shape index (κ3) is 2.58. The van der Waals surface area contributed by atoms with E-state index < -0.39 is 16.9 Å². The molecule has 2 N–H and O–H groups in total. The molecule has 0 bridgehead atoms. The molecule has 2 rings (SSSR count). The first-order valence-corrected chi connectivity index (χ1v) is 6.07. The van der Waals surface area contributed by atoms with Gasteiger partial charge >= 0.3 is 11.7 Å². The first-order valence-electron chi connectivity index (χ1n) is 5.28. The Balaban J connectivity index is 2.32. The van der Waals surface area contributed by atoms with Gasteiger partial charge in [-0.3, -0.25) is 15.1 Å². The lowest BCUT2D eigenvalue weighted by Gasteiger charge is -2.15. The molecule has 1 saturated carbocycles. The van der Waals surface area contributed by atoms with Gasteiger partial charge in [-0.25, -0.2) is 4.79 Å². The molecular weight excluding hydrogens is 306 g/mol. The largest absolute Gasteiger partial charge is 0.480 e. The van der Waals surface area contributed by atoms with Gasteiger partial charge in [0.15, 0.2) is 0 Å². The lowest BCUT2D eigenvalue weighted by Crippen LogP contribution is -2.31. The van der Waals surface area contributed by atoms with Crippen molar-refractivity contribution in [1.29, 1.82) is 0 Å². The van der Waals surface area contributed by atoms with Gasteiger partial charge in [-0.05, 0) is 34.7 Å². The average Bonchev–Trinajstić information content (AvgIpc) is 3.10. The third-order valence-corrected chi connectivity index (χ3v) is 3.34. The standard InChI is InChI=1S/C10H10BrN3O4/c11-6-3-12-4-7(14(17)18)9(6)13-8(10(15)16)5-1-2-5/h3-5,8H,1-2H2,(H,12,13)(H,15,16). The zero-order valence-corrected chi connectivity index (χ0v) is 10.8. The molecule has 1 heterocycles. The van der Waals surface area contributed by atoms with Crippen LogP contribution >= 0.6 is 15.9 Å². The van der Waals surface area contributed by atoms with Crippen LogP contribution < -0.4 is 5.32 Å². The fraction of sp³-hybridized carbons (Fsp3) is 0.400. The number of aromatic nitrogens is 1. The second-order valence-corrected chi connectivity index (χ2v) is 4.92. The number of carboxylic acid groups (broad SMARTS) is 1. The molecule has 0 radical (unpaired) electrons. The van der Waals surface area contributed by atoms with Crippen molar-refractivity contribution in [2.75, 3.05) is 5.32 Å². The molecule has 1 fully saturated rings. The van der Waals surface area contributed by atoms with Crippen molar-refractivity contribution in [1.82, 2.24) is 4.98 Å². The van der Waals surface area contributed by atoms with E-state index in [1.54, 1.807) is 0 Å². The SMILES string of the molecule is O=C(O)C(Nc1c(Br)cncc1[N+](=O)[O-])C1CC1. The van der Waals surface area contributed by atoms with Crippen LogP contribution in [0.3, 0.4) is 0 Å². The van der Waals surface area contributed by atoms with Crippen LogP contribution in [-0.4, -0.2) is 27.0 Å². The quantitative estimate of drug-likeness (QED) is 0.636. The van der Waals surface area contributed by atoms with Gasteiger partial charge in [-0.15, -0.1) is 0 Å². The summed E-state index contributed by atoms with van der Waals surface area (Å²) in [4.78, 5) is 25.1. The number of nitrogens with zero attached hydrogens (tertiary/aromatic N) is 2. The van der Waals surface area contributed by atoms with Gasteiger partial charge in [0, 0.05) is 6.20 Å². The van der Waals surface area contributed by atoms with Gasteiger partial charge in [0.2, 0.25) is 0 Å². The normalized spacial score (nSPS) is 16.1. The molecule has 1 aromatic heterocycles. The number of anilines is 1. The van der Waals surface area contributed by atoms with Crippen molar-refractivity contribution in [3.05, 3.63) is 27.0 Å². The van der Waals surface area contributed by atoms with Gasteiger partial charge < -0.3 is 10.4 Å². The second-order valence-electron chi connectivity index (χ2n) is 4.07. The van der Waals surface area contributed by atoms with Gasteiger partial charge in [-0.2, -0.15) is 0 Å². The minimum absolute atomic E-state index is 0.0298. The van der Waals surface area contributed by atoms with Gasteiger partial charge in [0.25, 0.3) is 0 Å². The molecule has 8 heteroatoms. The van der Waals surface area contributed by atoms with Crippen LogP contribution in [0.25, 0.3) is 0 Å². The molecule has 0 aromatic carbocycles. The summed E-state index contributed by atoms with van der Waals surface area (Å²) in [5.74, 6) is -0.974. The Labute approximate surface area is 110 Å². The Morgan fingerprint density at radius 3 is 2.78 bits per heavy atom. The molecule has 0 saturated heterocycles. The zero-order chi connectivity index (χ0) is 13.3. The van der Waals surface area contributed by atoms with Gasteiger partial charge in [-0.1, -0.05) is 0 Å². The van der Waals surface area contributed by atoms with Crippen LogP contribution in [0.2, 0.25) is 0 Å². The second kappa shape index (κ2) is 4.89. The van der Waals surface area contributed by atoms with Crippen molar-refractivity contribution in [2.45, 2.75) is 18.9 Å². The summed E-state index contributed by atoms with van der Waals surface area (Å²) in [6.07, 6.45) is 4.13. The molecule has 18 heavy (non-hydrogen) atoms. The molecule has 0 amide bonds. The summed E-state index contributed by atoms with van der Waals surface area (Å²) >= 11 is 3.14. The molecule has 1 atom stereocenters. The number of rotatable bonds is 5. The van der Waals surface area contributed by atoms with E-state index in [4.69, 9.17) is 5.11 Å². The average molecular weight is 316 g/mol. The number of carbonyl (C=O) groups is 1. The Bertz CT molecular complexity index is 504. The van der Waals surface area contributed by atoms with E-state index in [1.165, 1.54) is 6.20 Å². The van der Waals surface area contributed by atoms with Crippen LogP contribution in [0, 0.1) is 16.0 Å². The number of carboxylic acids is 1. The van der Waals surface area contributed by atoms with Crippen LogP contribution in [0.4, 0.5) is 11.4 Å². The monoisotopic (exact) mass is 315 g/mol. The summed E-state index contributed by atoms with van der Waals surface area (Å²) in [5.41, 5.74) is -0.0782. The smallest absolute Gasteiger partial charge is 0.326 e. The highest BCUT2D eigenvalue weighted by Gasteiger charge is 2.37. The maximum Gasteiger partial charge on any atom is 0.326 e. The molecule has 96 valence electrons. The van der Waals surface area contributed by atoms with Crippen LogP contribution in [0.1, 0.15) is 12.8 Å². The Morgan fingerprint density at radius 1 is 1.61 bits per heavy atom. The molecule has 1 aliphatic rings. The minimum atomic E-state index is -1.00. The van der Waals surface area contributed by atoms with Crippen molar-refractivity contribution in [2.24, 2.45) is 5.92 Å². The summed E-state index contributed by atoms with van der Waals surface area (Å²) in [6.45, 7) is 0. The first-order chi connectivity index (χ1) is 8.50. The molecule has 7 nitrogen and oxygen atoms in total. The summed E-state index contributed by atoms with van der Waals surface area (Å²) in [6, 6.07) is -0.803. The van der Waals surface area contributed by atoms with E-state index in [1.807, 2.05) is 0 Å². The predicted molar refractivity (Wildman–Crippen MR) is 66.4 cm³/mol. The first kappa shape index (κ1) is 12.7. The van der Waals surface area contributed by atoms with E-state index in [0.717, 1.165) is 19.0 Å². The van der Waals surface area contributed by atoms with Crippen molar-refractivity contribution in [3.63, 3.8) is 0 Å². The van der Waals surface area contributed by atoms with Gasteiger partial charge in [0.05, 0.1) is 9.40 Å². The number of nitro groups is 1. The maximum absolute atomic E-state index is 11.1. The Morgan fingerprint density at radius 2 is 2.28 bits per heavy atom. The highest BCUT2D eigenvalue weighted by atomic mass is 79.9. The number of aliphatic carboxylic acids is 1. The predicted octanol–water partition coefficient (Wildman–Crippen LogP) is 2.03. The van der Waals surface area contributed by atoms with E-state index in [9.17, 15) is 14.9 Å². The molecule has 1 aromatic rings. The number of nitrogens with one attached hydrogen (secondary N) is 1. The van der Waals surface area contributed by atoms with E-state index in [2.05, 4.69) is 26.2 Å². The van der Waals surface area contributed by atoms with E-state index in [-0.39, 0.29) is 17.3 Å². The maximum atomic E-state index is 11.1. The summed E-state index contributed by atoms with van der Waals surface area (Å²) in [5, 5.41) is 22.7. The van der Waals surface area contributed by atoms with Crippen molar-refractivity contribution < 1.29 is 14.8 Å². The van der Waals surface area contributed by atoms with Crippen molar-refractivity contribution in [3.8, 4) is 0 Å². The molecule has 0 aliphatic heterocycles. The number of hydrogen-bond acceptors (Lipinski definition) is 5. The van der Waals surface area contributed by atoms with Crippen LogP contribution in [0.5, 0.6) is 0 Å². The molecule has 1 unspecified atom stereocenters. The van der Waals surface area contributed by atoms with Crippen molar-refractivity contribution >= 4 is 33.3 Å². The van der Waals surface area contributed by atoms with Crippen LogP contribution in [-0.2, 0) is 4.79 Å². The topological polar surface area (TPSA) is 105 Å². The van der Waals surface area contributed by atoms with Gasteiger partial charge in [0.1, 0.15) is 17.9 Å². The number of halogens is 1.